The predicted octanol–water partition coefficient (Wildman–Crippen LogP) is 3.26. The molecule has 0 bridgehead atoms. The zero-order valence-corrected chi connectivity index (χ0v) is 11.5. The van der Waals surface area contributed by atoms with Gasteiger partial charge in [-0.3, -0.25) is 4.79 Å². The second-order valence-corrected chi connectivity index (χ2v) is 5.32. The van der Waals surface area contributed by atoms with Gasteiger partial charge in [-0.25, -0.2) is 0 Å². The Balaban J connectivity index is 3.40. The average molecular weight is 235 g/mol. The Morgan fingerprint density at radius 2 is 1.88 bits per heavy atom. The second-order valence-electron chi connectivity index (χ2n) is 5.32. The maximum atomic E-state index is 11.2. The van der Waals surface area contributed by atoms with Crippen LogP contribution in [0, 0.1) is 6.92 Å². The van der Waals surface area contributed by atoms with Gasteiger partial charge in [-0.1, -0.05) is 26.8 Å². The lowest BCUT2D eigenvalue weighted by Crippen LogP contribution is -2.16. The molecule has 0 aliphatic rings. The van der Waals surface area contributed by atoms with Crippen molar-refractivity contribution >= 4 is 11.6 Å². The first-order valence-electron chi connectivity index (χ1n) is 5.72. The average Bonchev–Trinajstić information content (AvgIpc) is 2.14. The molecule has 3 nitrogen and oxygen atoms in total. The number of nitrogens with one attached hydrogen (secondary N) is 1. The fourth-order valence-electron chi connectivity index (χ4n) is 1.83. The smallest absolute Gasteiger partial charge is 0.221 e. The zero-order valence-electron chi connectivity index (χ0n) is 11.5. The van der Waals surface area contributed by atoms with Crippen molar-refractivity contribution in [1.82, 2.24) is 0 Å². The summed E-state index contributed by atoms with van der Waals surface area (Å²) in [5.41, 5.74) is 2.93. The van der Waals surface area contributed by atoms with Crippen LogP contribution in [0.3, 0.4) is 0 Å². The monoisotopic (exact) mass is 235 g/mol. The van der Waals surface area contributed by atoms with Crippen molar-refractivity contribution in [2.24, 2.45) is 0 Å². The van der Waals surface area contributed by atoms with Gasteiger partial charge >= 0.3 is 0 Å². The number of methoxy groups -OCH3 is 1. The van der Waals surface area contributed by atoms with Gasteiger partial charge in [0.1, 0.15) is 5.75 Å². The third-order valence-electron chi connectivity index (χ3n) is 2.56. The first-order chi connectivity index (χ1) is 7.75. The van der Waals surface area contributed by atoms with E-state index < -0.39 is 0 Å². The van der Waals surface area contributed by atoms with Crippen molar-refractivity contribution in [3.63, 3.8) is 0 Å². The van der Waals surface area contributed by atoms with Gasteiger partial charge in [0.25, 0.3) is 0 Å². The largest absolute Gasteiger partial charge is 0.494 e. The van der Waals surface area contributed by atoms with Crippen molar-refractivity contribution < 1.29 is 9.53 Å². The van der Waals surface area contributed by atoms with Crippen LogP contribution in [0.5, 0.6) is 5.75 Å². The van der Waals surface area contributed by atoms with Gasteiger partial charge in [0.15, 0.2) is 0 Å². The maximum absolute atomic E-state index is 11.2. The molecule has 0 saturated heterocycles. The summed E-state index contributed by atoms with van der Waals surface area (Å²) in [6, 6.07) is 4.03. The predicted molar refractivity (Wildman–Crippen MR) is 70.7 cm³/mol. The van der Waals surface area contributed by atoms with E-state index in [4.69, 9.17) is 4.74 Å². The summed E-state index contributed by atoms with van der Waals surface area (Å²) in [4.78, 5) is 11.2. The molecule has 0 unspecified atom stereocenters. The molecule has 0 radical (unpaired) electrons. The SMILES string of the molecule is COc1c(NC(C)=O)cc(C)cc1C(C)(C)C. The van der Waals surface area contributed by atoms with E-state index in [0.29, 0.717) is 0 Å². The number of carbonyl (C=O) groups is 1. The van der Waals surface area contributed by atoms with Crippen LogP contribution >= 0.6 is 0 Å². The first-order valence-corrected chi connectivity index (χ1v) is 5.72. The summed E-state index contributed by atoms with van der Waals surface area (Å²) >= 11 is 0. The third-order valence-corrected chi connectivity index (χ3v) is 2.56. The Labute approximate surface area is 103 Å². The zero-order chi connectivity index (χ0) is 13.2. The molecule has 1 N–H and O–H groups in total. The van der Waals surface area contributed by atoms with Crippen LogP contribution in [0.1, 0.15) is 38.8 Å². The number of anilines is 1. The number of benzene rings is 1. The molecule has 94 valence electrons. The van der Waals surface area contributed by atoms with E-state index in [1.807, 2.05) is 13.0 Å². The molecular weight excluding hydrogens is 214 g/mol. The Kier molecular flexibility index (Phi) is 3.81. The summed E-state index contributed by atoms with van der Waals surface area (Å²) < 4.78 is 5.44. The van der Waals surface area contributed by atoms with Gasteiger partial charge in [-0.2, -0.15) is 0 Å². The van der Waals surface area contributed by atoms with Crippen molar-refractivity contribution in [2.75, 3.05) is 12.4 Å². The second kappa shape index (κ2) is 4.78. The van der Waals surface area contributed by atoms with E-state index >= 15 is 0 Å². The Bertz CT molecular complexity index is 431. The van der Waals surface area contributed by atoms with E-state index in [0.717, 1.165) is 22.6 Å². The molecule has 17 heavy (non-hydrogen) atoms. The van der Waals surface area contributed by atoms with Gasteiger partial charge in [-0.05, 0) is 24.0 Å². The Morgan fingerprint density at radius 3 is 2.29 bits per heavy atom. The molecule has 0 spiro atoms. The van der Waals surface area contributed by atoms with Gasteiger partial charge in [0.05, 0.1) is 12.8 Å². The number of hydrogen-bond donors (Lipinski definition) is 1. The molecule has 0 aromatic heterocycles. The summed E-state index contributed by atoms with van der Waals surface area (Å²) in [6.07, 6.45) is 0. The molecule has 1 aromatic rings. The fraction of sp³-hybridized carbons (Fsp3) is 0.500. The molecule has 1 amide bonds. The minimum Gasteiger partial charge on any atom is -0.494 e. The normalized spacial score (nSPS) is 11.2. The summed E-state index contributed by atoms with van der Waals surface area (Å²) in [7, 11) is 1.63. The van der Waals surface area contributed by atoms with E-state index in [9.17, 15) is 4.79 Å². The van der Waals surface area contributed by atoms with E-state index in [-0.39, 0.29) is 11.3 Å². The number of rotatable bonds is 2. The van der Waals surface area contributed by atoms with Crippen molar-refractivity contribution in [2.45, 2.75) is 40.0 Å². The minimum absolute atomic E-state index is 0.0232. The van der Waals surface area contributed by atoms with Crippen molar-refractivity contribution in [3.05, 3.63) is 23.3 Å². The molecule has 1 rings (SSSR count). The number of aryl methyl sites for hydroxylation is 1. The maximum Gasteiger partial charge on any atom is 0.221 e. The first kappa shape index (κ1) is 13.6. The molecule has 0 atom stereocenters. The van der Waals surface area contributed by atoms with Crippen molar-refractivity contribution in [3.8, 4) is 5.75 Å². The van der Waals surface area contributed by atoms with Crippen LogP contribution in [0.2, 0.25) is 0 Å². The standard InChI is InChI=1S/C14H21NO2/c1-9-7-11(14(3,4)5)13(17-6)12(8-9)15-10(2)16/h7-8H,1-6H3,(H,15,16). The third kappa shape index (κ3) is 3.22. The van der Waals surface area contributed by atoms with Crippen LogP contribution in [0.15, 0.2) is 12.1 Å². The lowest BCUT2D eigenvalue weighted by atomic mass is 9.85. The summed E-state index contributed by atoms with van der Waals surface area (Å²) in [5, 5.41) is 2.81. The highest BCUT2D eigenvalue weighted by molar-refractivity contribution is 5.91. The Hall–Kier alpha value is -1.51. The molecule has 3 heteroatoms. The van der Waals surface area contributed by atoms with Gasteiger partial charge < -0.3 is 10.1 Å². The summed E-state index contributed by atoms with van der Waals surface area (Å²) in [5.74, 6) is 0.659. The number of carbonyl (C=O) groups excluding carboxylic acids is 1. The van der Waals surface area contributed by atoms with Crippen LogP contribution in [0.4, 0.5) is 5.69 Å². The Morgan fingerprint density at radius 1 is 1.29 bits per heavy atom. The molecule has 0 heterocycles. The molecule has 1 aromatic carbocycles. The number of amides is 1. The summed E-state index contributed by atoms with van der Waals surface area (Å²) in [6.45, 7) is 9.89. The van der Waals surface area contributed by atoms with E-state index in [1.54, 1.807) is 7.11 Å². The molecule has 0 saturated carbocycles. The number of ether oxygens (including phenoxy) is 1. The molecule has 0 aliphatic carbocycles. The quantitative estimate of drug-likeness (QED) is 0.854. The van der Waals surface area contributed by atoms with Crippen LogP contribution in [-0.2, 0) is 10.2 Å². The lowest BCUT2D eigenvalue weighted by Gasteiger charge is -2.24. The van der Waals surface area contributed by atoms with Crippen LogP contribution in [0.25, 0.3) is 0 Å². The molecule has 0 fully saturated rings. The van der Waals surface area contributed by atoms with Crippen molar-refractivity contribution in [1.29, 1.82) is 0 Å². The van der Waals surface area contributed by atoms with Gasteiger partial charge in [0, 0.05) is 12.5 Å². The molecule has 0 aliphatic heterocycles. The van der Waals surface area contributed by atoms with Crippen LogP contribution in [-0.4, -0.2) is 13.0 Å². The minimum atomic E-state index is -0.0891. The van der Waals surface area contributed by atoms with E-state index in [1.165, 1.54) is 6.92 Å². The number of hydrogen-bond acceptors (Lipinski definition) is 2. The van der Waals surface area contributed by atoms with E-state index in [2.05, 4.69) is 32.2 Å². The highest BCUT2D eigenvalue weighted by atomic mass is 16.5. The molecular formula is C14H21NO2. The highest BCUT2D eigenvalue weighted by Gasteiger charge is 2.22. The van der Waals surface area contributed by atoms with Gasteiger partial charge in [0.2, 0.25) is 5.91 Å². The lowest BCUT2D eigenvalue weighted by molar-refractivity contribution is -0.114. The topological polar surface area (TPSA) is 38.3 Å². The highest BCUT2D eigenvalue weighted by Crippen LogP contribution is 2.38. The van der Waals surface area contributed by atoms with Crippen LogP contribution < -0.4 is 10.1 Å². The fourth-order valence-corrected chi connectivity index (χ4v) is 1.83. The van der Waals surface area contributed by atoms with Gasteiger partial charge in [-0.15, -0.1) is 0 Å².